The van der Waals surface area contributed by atoms with Crippen LogP contribution < -0.4 is 0 Å². The van der Waals surface area contributed by atoms with Crippen molar-refractivity contribution >= 4 is 0 Å². The third-order valence-corrected chi connectivity index (χ3v) is 14.1. The third-order valence-electron chi connectivity index (χ3n) is 14.1. The van der Waals surface area contributed by atoms with E-state index in [4.69, 9.17) is 15.0 Å². The van der Waals surface area contributed by atoms with Crippen LogP contribution in [0.3, 0.4) is 0 Å². The summed E-state index contributed by atoms with van der Waals surface area (Å²) in [6, 6.07) is 68.8. The van der Waals surface area contributed by atoms with Gasteiger partial charge in [-0.3, -0.25) is 9.97 Å². The first-order chi connectivity index (χ1) is 31.5. The van der Waals surface area contributed by atoms with Gasteiger partial charge < -0.3 is 0 Å². The maximum Gasteiger partial charge on any atom is 0.160 e. The second kappa shape index (κ2) is 13.7. The number of fused-ring (bicyclic) bond motifs is 15. The van der Waals surface area contributed by atoms with Gasteiger partial charge in [-0.15, -0.1) is 0 Å². The number of hydrogen-bond acceptors (Lipinski definition) is 4. The third kappa shape index (κ3) is 5.17. The molecule has 1 unspecified atom stereocenters. The van der Waals surface area contributed by atoms with E-state index in [1.165, 1.54) is 77.9 Å². The van der Waals surface area contributed by atoms with Gasteiger partial charge in [0.2, 0.25) is 0 Å². The zero-order valence-corrected chi connectivity index (χ0v) is 35.4. The Kier molecular flexibility index (Phi) is 7.83. The van der Waals surface area contributed by atoms with Gasteiger partial charge in [-0.2, -0.15) is 0 Å². The van der Waals surface area contributed by atoms with Crippen LogP contribution in [0.4, 0.5) is 0 Å². The molecule has 7 aromatic carbocycles. The van der Waals surface area contributed by atoms with Crippen LogP contribution in [0.1, 0.15) is 47.2 Å². The van der Waals surface area contributed by atoms with Crippen molar-refractivity contribution in [2.24, 2.45) is 0 Å². The summed E-state index contributed by atoms with van der Waals surface area (Å²) >= 11 is 0. The van der Waals surface area contributed by atoms with Crippen LogP contribution in [-0.4, -0.2) is 19.9 Å². The van der Waals surface area contributed by atoms with Crippen molar-refractivity contribution in [1.82, 2.24) is 19.9 Å². The minimum Gasteiger partial charge on any atom is -0.264 e. The predicted octanol–water partition coefficient (Wildman–Crippen LogP) is 14.3. The topological polar surface area (TPSA) is 51.6 Å². The molecule has 3 aliphatic carbocycles. The monoisotopic (exact) mass is 816 g/mol. The zero-order chi connectivity index (χ0) is 42.6. The maximum absolute atomic E-state index is 5.39. The summed E-state index contributed by atoms with van der Waals surface area (Å²) in [6.45, 7) is 4.76. The minimum absolute atomic E-state index is 0.137. The average molecular weight is 817 g/mol. The molecule has 4 nitrogen and oxygen atoms in total. The average Bonchev–Trinajstić information content (AvgIpc) is 3.73. The van der Waals surface area contributed by atoms with Crippen molar-refractivity contribution in [3.8, 4) is 89.7 Å². The van der Waals surface area contributed by atoms with Gasteiger partial charge in [0.1, 0.15) is 0 Å². The van der Waals surface area contributed by atoms with Crippen LogP contribution in [-0.2, 0) is 10.8 Å². The molecule has 3 aliphatic rings. The molecule has 64 heavy (non-hydrogen) atoms. The normalized spacial score (nSPS) is 15.5. The first-order valence-electron chi connectivity index (χ1n) is 22.0. The molecule has 13 rings (SSSR count). The molecule has 4 heteroatoms. The van der Waals surface area contributed by atoms with Crippen molar-refractivity contribution in [1.29, 1.82) is 0 Å². The summed E-state index contributed by atoms with van der Waals surface area (Å²) < 4.78 is 0. The van der Waals surface area contributed by atoms with Crippen molar-refractivity contribution in [3.05, 3.63) is 240 Å². The Bertz CT molecular complexity index is 3520. The minimum atomic E-state index is -0.671. The van der Waals surface area contributed by atoms with Crippen LogP contribution in [0.15, 0.2) is 207 Å². The van der Waals surface area contributed by atoms with Crippen molar-refractivity contribution in [3.63, 3.8) is 0 Å². The van der Waals surface area contributed by atoms with E-state index in [0.29, 0.717) is 5.82 Å². The van der Waals surface area contributed by atoms with Crippen molar-refractivity contribution in [2.45, 2.75) is 24.7 Å². The molecule has 0 amide bonds. The number of nitrogens with zero attached hydrogens (tertiary/aromatic N) is 4. The SMILES string of the molecule is CC1(C)c2ccccc2-c2cc3c(cc21)-c1ccccc1C31c2ccccc2-c2ccccc2-c2ccc(-c3nc(-c4ccccc4)cc(-c4ccc(-c5cccnc5)nc4)n3)cc21. The highest BCUT2D eigenvalue weighted by molar-refractivity contribution is 5.99. The lowest BCUT2D eigenvalue weighted by molar-refractivity contribution is 0.660. The van der Waals surface area contributed by atoms with Gasteiger partial charge in [0.25, 0.3) is 0 Å². The highest BCUT2D eigenvalue weighted by Crippen LogP contribution is 2.64. The lowest BCUT2D eigenvalue weighted by Crippen LogP contribution is -2.29. The molecule has 0 N–H and O–H groups in total. The molecule has 300 valence electrons. The number of aromatic nitrogens is 4. The van der Waals surface area contributed by atoms with E-state index in [2.05, 4.69) is 183 Å². The zero-order valence-electron chi connectivity index (χ0n) is 35.4. The van der Waals surface area contributed by atoms with E-state index in [0.717, 1.165) is 39.3 Å². The molecule has 0 bridgehead atoms. The molecule has 3 aromatic heterocycles. The molecular weight excluding hydrogens is 777 g/mol. The maximum atomic E-state index is 5.39. The summed E-state index contributed by atoms with van der Waals surface area (Å²) in [5, 5.41) is 0. The Morgan fingerprint density at radius 2 is 0.844 bits per heavy atom. The van der Waals surface area contributed by atoms with E-state index in [1.807, 2.05) is 36.7 Å². The van der Waals surface area contributed by atoms with E-state index in [9.17, 15) is 0 Å². The fourth-order valence-electron chi connectivity index (χ4n) is 11.1. The van der Waals surface area contributed by atoms with Gasteiger partial charge >= 0.3 is 0 Å². The quantitative estimate of drug-likeness (QED) is 0.178. The smallest absolute Gasteiger partial charge is 0.160 e. The van der Waals surface area contributed by atoms with Gasteiger partial charge in [0.05, 0.1) is 22.5 Å². The predicted molar refractivity (Wildman–Crippen MR) is 259 cm³/mol. The summed E-state index contributed by atoms with van der Waals surface area (Å²) in [5.74, 6) is 0.660. The van der Waals surface area contributed by atoms with Crippen molar-refractivity contribution < 1.29 is 0 Å². The largest absolute Gasteiger partial charge is 0.264 e. The van der Waals surface area contributed by atoms with Crippen LogP contribution in [0.2, 0.25) is 0 Å². The van der Waals surface area contributed by atoms with Gasteiger partial charge in [0, 0.05) is 46.3 Å². The summed E-state index contributed by atoms with van der Waals surface area (Å²) in [4.78, 5) is 20.0. The molecule has 0 aliphatic heterocycles. The van der Waals surface area contributed by atoms with Crippen molar-refractivity contribution in [2.75, 3.05) is 0 Å². The van der Waals surface area contributed by atoms with E-state index in [-0.39, 0.29) is 5.41 Å². The van der Waals surface area contributed by atoms with Crippen LogP contribution in [0.25, 0.3) is 89.7 Å². The highest BCUT2D eigenvalue weighted by atomic mass is 14.9. The number of hydrogen-bond donors (Lipinski definition) is 0. The molecule has 0 saturated carbocycles. The van der Waals surface area contributed by atoms with Crippen LogP contribution in [0, 0.1) is 0 Å². The molecule has 0 radical (unpaired) electrons. The number of benzene rings is 7. The Balaban J connectivity index is 1.10. The van der Waals surface area contributed by atoms with Gasteiger partial charge in [-0.25, -0.2) is 9.97 Å². The summed E-state index contributed by atoms with van der Waals surface area (Å²) in [5.41, 5.74) is 23.5. The Morgan fingerprint density at radius 1 is 0.328 bits per heavy atom. The van der Waals surface area contributed by atoms with Gasteiger partial charge in [-0.1, -0.05) is 153 Å². The van der Waals surface area contributed by atoms with Crippen LogP contribution >= 0.6 is 0 Å². The Morgan fingerprint density at radius 3 is 1.52 bits per heavy atom. The van der Waals surface area contributed by atoms with E-state index in [1.54, 1.807) is 6.20 Å². The number of pyridine rings is 2. The summed E-state index contributed by atoms with van der Waals surface area (Å²) in [6.07, 6.45) is 5.53. The Labute approximate surface area is 372 Å². The van der Waals surface area contributed by atoms with Gasteiger partial charge in [-0.05, 0) is 126 Å². The van der Waals surface area contributed by atoms with Gasteiger partial charge in [0.15, 0.2) is 5.82 Å². The molecule has 10 aromatic rings. The van der Waals surface area contributed by atoms with E-state index < -0.39 is 5.41 Å². The Hall–Kier alpha value is -8.08. The molecular formula is C60H40N4. The number of rotatable bonds is 4. The first kappa shape index (κ1) is 36.6. The lowest BCUT2D eigenvalue weighted by atomic mass is 9.65. The first-order valence-corrected chi connectivity index (χ1v) is 22.0. The molecule has 0 fully saturated rings. The fourth-order valence-corrected chi connectivity index (χ4v) is 11.1. The fraction of sp³-hybridized carbons (Fsp3) is 0.0667. The van der Waals surface area contributed by atoms with E-state index >= 15 is 0 Å². The van der Waals surface area contributed by atoms with Crippen LogP contribution in [0.5, 0.6) is 0 Å². The summed E-state index contributed by atoms with van der Waals surface area (Å²) in [7, 11) is 0. The molecule has 1 atom stereocenters. The second-order valence-electron chi connectivity index (χ2n) is 17.8. The molecule has 3 heterocycles. The standard InChI is InChI=1S/C60H40N4/c1-59(2)49-23-11-8-21-44(49)47-33-54-48(32-52(47)59)45-22-10-13-25-51(45)60(54)50-24-12-9-20-43(50)41-18-6-7-19-42(41)46-28-26-38(31-53(46)60)58-63-56(37-15-4-3-5-16-37)34-57(64-58)40-27-29-55(62-36-40)39-17-14-30-61-35-39/h3-36H,1-2H3. The lowest BCUT2D eigenvalue weighted by Gasteiger charge is -2.36. The molecule has 0 saturated heterocycles. The molecule has 1 spiro atoms. The second-order valence-corrected chi connectivity index (χ2v) is 17.8. The highest BCUT2D eigenvalue weighted by Gasteiger charge is 2.51.